The second kappa shape index (κ2) is 12.2. The maximum Gasteiger partial charge on any atom is 0.263 e. The van der Waals surface area contributed by atoms with Gasteiger partial charge >= 0.3 is 0 Å². The number of piperazine rings is 1. The van der Waals surface area contributed by atoms with Crippen LogP contribution in [0.4, 0.5) is 24.7 Å². The fourth-order valence-corrected chi connectivity index (χ4v) is 6.38. The summed E-state index contributed by atoms with van der Waals surface area (Å²) in [5, 5.41) is 11.9. The number of anilines is 2. The number of benzene rings is 1. The molecular formula is C31H32ClF3N8O4. The van der Waals surface area contributed by atoms with Gasteiger partial charge in [-0.1, -0.05) is 11.6 Å². The number of nitrogens with zero attached hydrogens (tertiary/aromatic N) is 6. The molecule has 0 spiro atoms. The van der Waals surface area contributed by atoms with Gasteiger partial charge in [0.05, 0.1) is 23.0 Å². The highest BCUT2D eigenvalue weighted by Gasteiger charge is 2.36. The Hall–Kier alpha value is -4.63. The van der Waals surface area contributed by atoms with Crippen LogP contribution < -0.4 is 21.5 Å². The Morgan fingerprint density at radius 1 is 1.17 bits per heavy atom. The molecule has 2 amide bonds. The summed E-state index contributed by atoms with van der Waals surface area (Å²) in [7, 11) is 1.39. The number of phenols is 1. The average Bonchev–Trinajstić information content (AvgIpc) is 3.81. The maximum absolute atomic E-state index is 15.1. The number of primary amides is 1. The van der Waals surface area contributed by atoms with E-state index in [4.69, 9.17) is 17.3 Å². The Balaban J connectivity index is 1.30. The van der Waals surface area contributed by atoms with Gasteiger partial charge in [-0.25, -0.2) is 14.4 Å². The minimum absolute atomic E-state index is 0.0140. The Bertz CT molecular complexity index is 2000. The lowest BCUT2D eigenvalue weighted by atomic mass is 10.0. The van der Waals surface area contributed by atoms with Crippen molar-refractivity contribution in [2.45, 2.75) is 45.3 Å². The third kappa shape index (κ3) is 5.89. The smallest absolute Gasteiger partial charge is 0.263 e. The molecule has 6 rings (SSSR count). The molecule has 2 aliphatic rings. The second-order valence-electron chi connectivity index (χ2n) is 12.1. The second-order valence-corrected chi connectivity index (χ2v) is 12.5. The zero-order valence-electron chi connectivity index (χ0n) is 25.7. The summed E-state index contributed by atoms with van der Waals surface area (Å²) < 4.78 is 47.1. The summed E-state index contributed by atoms with van der Waals surface area (Å²) in [6, 6.07) is 2.79. The fraction of sp³-hybridized carbons (Fsp3) is 0.387. The monoisotopic (exact) mass is 672 g/mol. The van der Waals surface area contributed by atoms with E-state index in [1.54, 1.807) is 0 Å². The van der Waals surface area contributed by atoms with Crippen molar-refractivity contribution in [1.82, 2.24) is 24.0 Å². The molecule has 1 aliphatic heterocycles. The molecule has 0 unspecified atom stereocenters. The maximum atomic E-state index is 15.1. The molecule has 1 aliphatic carbocycles. The van der Waals surface area contributed by atoms with Crippen LogP contribution in [0, 0.1) is 23.5 Å². The quantitative estimate of drug-likeness (QED) is 0.240. The van der Waals surface area contributed by atoms with Crippen molar-refractivity contribution in [3.8, 4) is 16.9 Å². The molecule has 0 bridgehead atoms. The van der Waals surface area contributed by atoms with Crippen molar-refractivity contribution in [3.63, 3.8) is 0 Å². The molecule has 2 fully saturated rings. The molecule has 1 aromatic carbocycles. The van der Waals surface area contributed by atoms with E-state index in [1.807, 2.05) is 11.8 Å². The third-order valence-electron chi connectivity index (χ3n) is 9.00. The number of carbonyl (C=O) groups excluding carboxylic acids is 2. The van der Waals surface area contributed by atoms with Crippen molar-refractivity contribution in [2.24, 2.45) is 18.7 Å². The van der Waals surface area contributed by atoms with Gasteiger partial charge in [-0.05, 0) is 38.7 Å². The van der Waals surface area contributed by atoms with Crippen LogP contribution in [0.5, 0.6) is 5.75 Å². The van der Waals surface area contributed by atoms with Crippen molar-refractivity contribution in [3.05, 3.63) is 63.2 Å². The minimum Gasteiger partial charge on any atom is -0.504 e. The number of pyridine rings is 1. The number of amides is 2. The van der Waals surface area contributed by atoms with E-state index >= 15 is 4.39 Å². The van der Waals surface area contributed by atoms with Crippen LogP contribution >= 0.6 is 11.6 Å². The van der Waals surface area contributed by atoms with Crippen LogP contribution in [-0.4, -0.2) is 72.6 Å². The van der Waals surface area contributed by atoms with Gasteiger partial charge in [0.2, 0.25) is 17.7 Å². The molecule has 248 valence electrons. The van der Waals surface area contributed by atoms with Crippen LogP contribution in [0.15, 0.2) is 29.5 Å². The molecule has 1 saturated carbocycles. The Morgan fingerprint density at radius 3 is 2.55 bits per heavy atom. The van der Waals surface area contributed by atoms with Gasteiger partial charge in [-0.15, -0.1) is 0 Å². The van der Waals surface area contributed by atoms with Crippen molar-refractivity contribution >= 4 is 46.0 Å². The minimum atomic E-state index is -1.74. The largest absolute Gasteiger partial charge is 0.504 e. The van der Waals surface area contributed by atoms with Gasteiger partial charge in [0.25, 0.3) is 11.5 Å². The van der Waals surface area contributed by atoms with Crippen molar-refractivity contribution < 1.29 is 27.9 Å². The molecule has 4 heterocycles. The fourth-order valence-electron chi connectivity index (χ4n) is 6.23. The first kappa shape index (κ1) is 32.3. The summed E-state index contributed by atoms with van der Waals surface area (Å²) in [5.74, 6) is -6.46. The van der Waals surface area contributed by atoms with E-state index in [2.05, 4.69) is 27.1 Å². The predicted molar refractivity (Wildman–Crippen MR) is 169 cm³/mol. The topological polar surface area (TPSA) is 152 Å². The highest BCUT2D eigenvalue weighted by molar-refractivity contribution is 6.33. The zero-order valence-corrected chi connectivity index (χ0v) is 26.5. The van der Waals surface area contributed by atoms with E-state index in [1.165, 1.54) is 43.0 Å². The molecular weight excluding hydrogens is 641 g/mol. The number of hydrogen-bond acceptors (Lipinski definition) is 8. The molecule has 16 heteroatoms. The number of aromatic nitrogens is 4. The van der Waals surface area contributed by atoms with E-state index in [9.17, 15) is 28.3 Å². The number of fused-ring (bicyclic) bond motifs is 1. The van der Waals surface area contributed by atoms with Gasteiger partial charge in [0.15, 0.2) is 11.6 Å². The number of aryl methyl sites for hydroxylation is 1. The number of nitrogens with one attached hydrogen (secondary N) is 1. The van der Waals surface area contributed by atoms with E-state index in [-0.39, 0.29) is 28.3 Å². The van der Waals surface area contributed by atoms with Crippen molar-refractivity contribution in [1.29, 1.82) is 0 Å². The Kier molecular flexibility index (Phi) is 8.38. The van der Waals surface area contributed by atoms with Gasteiger partial charge in [-0.3, -0.25) is 19.3 Å². The first-order valence-corrected chi connectivity index (χ1v) is 15.4. The Morgan fingerprint density at radius 2 is 1.89 bits per heavy atom. The van der Waals surface area contributed by atoms with Crippen molar-refractivity contribution in [2.75, 3.05) is 29.9 Å². The van der Waals surface area contributed by atoms with Gasteiger partial charge in [0.1, 0.15) is 23.0 Å². The molecule has 12 nitrogen and oxygen atoms in total. The average molecular weight is 673 g/mol. The zero-order chi connectivity index (χ0) is 33.9. The molecule has 1 saturated heterocycles. The standard InChI is InChI=1S/C31H32ClF3N8O4/c1-14-10-41(15(2)16-4-5-16)6-7-43(14)21-9-20(24(32)28(35)39-21)38-22(44)12-42-11-19(23-30(42)37-13-40(3)31(23)47)17-8-18(29(36)46)27(45)26(34)25(17)33/h8-9,11,13-16,45H,4-7,10,12H2,1-3H3,(H2,36,46)(H,38,39,44)/t14-,15-/m0/s1. The molecule has 0 radical (unpaired) electrons. The highest BCUT2D eigenvalue weighted by atomic mass is 35.5. The van der Waals surface area contributed by atoms with Crippen LogP contribution in [0.1, 0.15) is 37.0 Å². The number of halogens is 4. The first-order chi connectivity index (χ1) is 22.3. The molecule has 47 heavy (non-hydrogen) atoms. The third-order valence-corrected chi connectivity index (χ3v) is 9.36. The van der Waals surface area contributed by atoms with E-state index in [0.717, 1.165) is 23.7 Å². The highest BCUT2D eigenvalue weighted by Crippen LogP contribution is 2.38. The summed E-state index contributed by atoms with van der Waals surface area (Å²) in [5.41, 5.74) is 3.00. The number of rotatable bonds is 8. The lowest BCUT2D eigenvalue weighted by Crippen LogP contribution is -2.55. The van der Waals surface area contributed by atoms with E-state index in [0.29, 0.717) is 24.3 Å². The Labute approximate surface area is 271 Å². The molecule has 4 aromatic rings. The van der Waals surface area contributed by atoms with Gasteiger partial charge in [-0.2, -0.15) is 8.78 Å². The molecule has 4 N–H and O–H groups in total. The summed E-state index contributed by atoms with van der Waals surface area (Å²) >= 11 is 6.22. The van der Waals surface area contributed by atoms with Gasteiger partial charge < -0.3 is 30.2 Å². The van der Waals surface area contributed by atoms with Gasteiger partial charge in [0, 0.05) is 62.2 Å². The summed E-state index contributed by atoms with van der Waals surface area (Å²) in [4.78, 5) is 51.0. The SMILES string of the molecule is C[C@@H](C1CC1)N1CCN(c2cc(NC(=O)Cn3cc(-c4cc(C(N)=O)c(O)c(F)c4F)c4c(=O)n(C)cnc43)c(Cl)c(F)n2)[C@@H](C)C1. The summed E-state index contributed by atoms with van der Waals surface area (Å²) in [6.45, 7) is 5.90. The molecule has 3 aromatic heterocycles. The van der Waals surface area contributed by atoms with Crippen LogP contribution in [0.2, 0.25) is 5.02 Å². The van der Waals surface area contributed by atoms with Crippen LogP contribution in [0.3, 0.4) is 0 Å². The predicted octanol–water partition coefficient (Wildman–Crippen LogP) is 3.62. The number of aromatic hydroxyl groups is 1. The number of nitrogens with two attached hydrogens (primary N) is 1. The molecule has 2 atom stereocenters. The first-order valence-electron chi connectivity index (χ1n) is 15.0. The van der Waals surface area contributed by atoms with Crippen LogP contribution in [-0.2, 0) is 18.4 Å². The van der Waals surface area contributed by atoms with Crippen LogP contribution in [0.25, 0.3) is 22.2 Å². The normalized spacial score (nSPS) is 17.7. The number of carbonyl (C=O) groups is 2. The van der Waals surface area contributed by atoms with E-state index < -0.39 is 63.4 Å². The lowest BCUT2D eigenvalue weighted by Gasteiger charge is -2.43. The number of hydrogen-bond donors (Lipinski definition) is 3. The lowest BCUT2D eigenvalue weighted by molar-refractivity contribution is -0.116. The summed E-state index contributed by atoms with van der Waals surface area (Å²) in [6.07, 6.45) is 4.83.